The van der Waals surface area contributed by atoms with Crippen LogP contribution in [0.25, 0.3) is 0 Å². The first-order valence-electron chi connectivity index (χ1n) is 7.49. The second-order valence-electron chi connectivity index (χ2n) is 6.59. The van der Waals surface area contributed by atoms with Crippen LogP contribution in [-0.2, 0) is 7.05 Å². The topological polar surface area (TPSA) is 72.9 Å². The predicted octanol–water partition coefficient (Wildman–Crippen LogP) is 2.34. The van der Waals surface area contributed by atoms with E-state index >= 15 is 0 Å². The van der Waals surface area contributed by atoms with Crippen molar-refractivity contribution in [3.63, 3.8) is 0 Å². The summed E-state index contributed by atoms with van der Waals surface area (Å²) in [5.41, 5.74) is 6.84. The molecule has 1 fully saturated rings. The third-order valence-corrected chi connectivity index (χ3v) is 4.20. The fourth-order valence-electron chi connectivity index (χ4n) is 3.48. The number of hydrogen-bond donors (Lipinski definition) is 2. The molecule has 0 aliphatic heterocycles. The summed E-state index contributed by atoms with van der Waals surface area (Å²) in [6, 6.07) is 0. The number of aromatic nitrogens is 2. The molecular weight excluding hydrogens is 252 g/mol. The van der Waals surface area contributed by atoms with Gasteiger partial charge in [0.25, 0.3) is 5.91 Å². The number of nitrogens with one attached hydrogen (secondary N) is 1. The summed E-state index contributed by atoms with van der Waals surface area (Å²) in [6.07, 6.45) is 7.80. The van der Waals surface area contributed by atoms with Crippen molar-refractivity contribution in [3.8, 4) is 0 Å². The molecule has 0 spiro atoms. The number of aryl methyl sites for hydroxylation is 1. The number of nitrogens with zero attached hydrogens (tertiary/aromatic N) is 2. The Bertz CT molecular complexity index is 472. The highest BCUT2D eigenvalue weighted by atomic mass is 16.2. The van der Waals surface area contributed by atoms with Crippen LogP contribution in [0.15, 0.2) is 6.20 Å². The molecule has 0 aromatic carbocycles. The summed E-state index contributed by atoms with van der Waals surface area (Å²) < 4.78 is 1.57. The lowest BCUT2D eigenvalue weighted by Crippen LogP contribution is -2.37. The van der Waals surface area contributed by atoms with E-state index < -0.39 is 0 Å². The Morgan fingerprint density at radius 1 is 1.50 bits per heavy atom. The van der Waals surface area contributed by atoms with E-state index in [0.29, 0.717) is 17.3 Å². The molecule has 20 heavy (non-hydrogen) atoms. The molecule has 5 nitrogen and oxygen atoms in total. The number of nitrogen functional groups attached to an aromatic ring is 1. The fourth-order valence-corrected chi connectivity index (χ4v) is 3.48. The normalized spacial score (nSPS) is 17.6. The molecule has 1 heterocycles. The van der Waals surface area contributed by atoms with E-state index in [1.165, 1.54) is 32.1 Å². The van der Waals surface area contributed by atoms with Crippen LogP contribution in [0.5, 0.6) is 0 Å². The van der Waals surface area contributed by atoms with Crippen molar-refractivity contribution in [1.82, 2.24) is 15.1 Å². The predicted molar refractivity (Wildman–Crippen MR) is 80.3 cm³/mol. The summed E-state index contributed by atoms with van der Waals surface area (Å²) in [4.78, 5) is 12.2. The van der Waals surface area contributed by atoms with Gasteiger partial charge in [0.15, 0.2) is 5.69 Å². The van der Waals surface area contributed by atoms with Crippen LogP contribution < -0.4 is 11.1 Å². The maximum atomic E-state index is 12.2. The van der Waals surface area contributed by atoms with Gasteiger partial charge in [-0.05, 0) is 30.6 Å². The fraction of sp³-hybridized carbons (Fsp3) is 0.733. The Labute approximate surface area is 120 Å². The van der Waals surface area contributed by atoms with Gasteiger partial charge in [-0.1, -0.05) is 26.7 Å². The largest absolute Gasteiger partial charge is 0.396 e. The molecule has 1 aliphatic rings. The molecule has 1 saturated carbocycles. The zero-order valence-electron chi connectivity index (χ0n) is 12.8. The first-order chi connectivity index (χ1) is 9.42. The third kappa shape index (κ3) is 3.32. The van der Waals surface area contributed by atoms with Gasteiger partial charge in [0, 0.05) is 19.8 Å². The van der Waals surface area contributed by atoms with Gasteiger partial charge in [-0.15, -0.1) is 0 Å². The van der Waals surface area contributed by atoms with Crippen molar-refractivity contribution in [3.05, 3.63) is 11.9 Å². The molecule has 1 amide bonds. The van der Waals surface area contributed by atoms with Crippen molar-refractivity contribution in [2.75, 3.05) is 12.3 Å². The highest BCUT2D eigenvalue weighted by molar-refractivity contribution is 5.97. The van der Waals surface area contributed by atoms with Crippen LogP contribution in [0.4, 0.5) is 5.69 Å². The first-order valence-corrected chi connectivity index (χ1v) is 7.49. The molecule has 0 radical (unpaired) electrons. The molecule has 0 atom stereocenters. The van der Waals surface area contributed by atoms with Gasteiger partial charge in [-0.3, -0.25) is 9.48 Å². The van der Waals surface area contributed by atoms with Gasteiger partial charge in [0.1, 0.15) is 0 Å². The zero-order valence-corrected chi connectivity index (χ0v) is 12.8. The van der Waals surface area contributed by atoms with Crippen LogP contribution in [0.1, 0.15) is 56.4 Å². The van der Waals surface area contributed by atoms with E-state index in [4.69, 9.17) is 5.73 Å². The van der Waals surface area contributed by atoms with E-state index in [0.717, 1.165) is 6.54 Å². The minimum atomic E-state index is -0.155. The number of anilines is 1. The van der Waals surface area contributed by atoms with Gasteiger partial charge < -0.3 is 11.1 Å². The van der Waals surface area contributed by atoms with E-state index in [9.17, 15) is 4.79 Å². The van der Waals surface area contributed by atoms with E-state index in [1.807, 2.05) is 0 Å². The number of nitrogens with two attached hydrogens (primary N) is 1. The van der Waals surface area contributed by atoms with Crippen molar-refractivity contribution < 1.29 is 4.79 Å². The van der Waals surface area contributed by atoms with Gasteiger partial charge in [-0.25, -0.2) is 0 Å². The number of carbonyl (C=O) groups is 1. The molecule has 0 saturated heterocycles. The average molecular weight is 278 g/mol. The number of amides is 1. The highest BCUT2D eigenvalue weighted by Gasteiger charge is 2.34. The monoisotopic (exact) mass is 278 g/mol. The Hall–Kier alpha value is -1.52. The summed E-state index contributed by atoms with van der Waals surface area (Å²) in [6.45, 7) is 5.23. The van der Waals surface area contributed by atoms with E-state index in [-0.39, 0.29) is 11.3 Å². The lowest BCUT2D eigenvalue weighted by atomic mass is 9.78. The molecule has 112 valence electrons. The second kappa shape index (κ2) is 5.85. The Balaban J connectivity index is 1.99. The standard InChI is InChI=1S/C15H26N4O/c1-11(2)8-15(6-4-5-7-15)10-17-14(20)13-12(16)9-19(3)18-13/h9,11H,4-8,10,16H2,1-3H3,(H,17,20). The second-order valence-corrected chi connectivity index (χ2v) is 6.59. The van der Waals surface area contributed by atoms with Crippen LogP contribution in [0.2, 0.25) is 0 Å². The third-order valence-electron chi connectivity index (χ3n) is 4.20. The van der Waals surface area contributed by atoms with E-state index in [2.05, 4.69) is 24.3 Å². The molecule has 2 rings (SSSR count). The molecule has 3 N–H and O–H groups in total. The Morgan fingerprint density at radius 3 is 2.65 bits per heavy atom. The van der Waals surface area contributed by atoms with Crippen LogP contribution >= 0.6 is 0 Å². The lowest BCUT2D eigenvalue weighted by molar-refractivity contribution is 0.0917. The van der Waals surface area contributed by atoms with Gasteiger partial charge >= 0.3 is 0 Å². The molecule has 1 aliphatic carbocycles. The van der Waals surface area contributed by atoms with Crippen molar-refractivity contribution >= 4 is 11.6 Å². The molecule has 5 heteroatoms. The molecule has 0 unspecified atom stereocenters. The summed E-state index contributed by atoms with van der Waals surface area (Å²) >= 11 is 0. The lowest BCUT2D eigenvalue weighted by Gasteiger charge is -2.31. The van der Waals surface area contributed by atoms with Crippen molar-refractivity contribution in [2.24, 2.45) is 18.4 Å². The van der Waals surface area contributed by atoms with Crippen molar-refractivity contribution in [1.29, 1.82) is 0 Å². The summed E-state index contributed by atoms with van der Waals surface area (Å²) in [5.74, 6) is 0.503. The minimum Gasteiger partial charge on any atom is -0.396 e. The number of rotatable bonds is 5. The Kier molecular flexibility index (Phi) is 4.35. The quantitative estimate of drug-likeness (QED) is 0.868. The number of hydrogen-bond acceptors (Lipinski definition) is 3. The summed E-state index contributed by atoms with van der Waals surface area (Å²) in [5, 5.41) is 7.17. The smallest absolute Gasteiger partial charge is 0.273 e. The molecule has 1 aromatic rings. The molecule has 1 aromatic heterocycles. The number of carbonyl (C=O) groups excluding carboxylic acids is 1. The van der Waals surface area contributed by atoms with Gasteiger partial charge in [0.05, 0.1) is 5.69 Å². The maximum absolute atomic E-state index is 12.2. The van der Waals surface area contributed by atoms with E-state index in [1.54, 1.807) is 17.9 Å². The summed E-state index contributed by atoms with van der Waals surface area (Å²) in [7, 11) is 1.77. The first kappa shape index (κ1) is 14.9. The minimum absolute atomic E-state index is 0.155. The van der Waals surface area contributed by atoms with Crippen LogP contribution in [0, 0.1) is 11.3 Å². The van der Waals surface area contributed by atoms with Gasteiger partial charge in [0.2, 0.25) is 0 Å². The highest BCUT2D eigenvalue weighted by Crippen LogP contribution is 2.42. The average Bonchev–Trinajstić information content (AvgIpc) is 2.93. The van der Waals surface area contributed by atoms with Crippen LogP contribution in [0.3, 0.4) is 0 Å². The van der Waals surface area contributed by atoms with Gasteiger partial charge in [-0.2, -0.15) is 5.10 Å². The SMILES string of the molecule is CC(C)CC1(CNC(=O)c2nn(C)cc2N)CCCC1. The van der Waals surface area contributed by atoms with Crippen molar-refractivity contribution in [2.45, 2.75) is 46.0 Å². The molecule has 0 bridgehead atoms. The molecular formula is C15H26N4O. The maximum Gasteiger partial charge on any atom is 0.273 e. The zero-order chi connectivity index (χ0) is 14.8. The Morgan fingerprint density at radius 2 is 2.15 bits per heavy atom. The van der Waals surface area contributed by atoms with Crippen LogP contribution in [-0.4, -0.2) is 22.2 Å².